The molecule has 20 heavy (non-hydrogen) atoms. The fourth-order valence-electron chi connectivity index (χ4n) is 2.59. The van der Waals surface area contributed by atoms with Crippen LogP contribution in [-0.2, 0) is 6.54 Å². The molecule has 0 fully saturated rings. The summed E-state index contributed by atoms with van der Waals surface area (Å²) in [6.45, 7) is 5.03. The molecule has 4 heteroatoms. The molecule has 2 aromatic rings. The van der Waals surface area contributed by atoms with Crippen molar-refractivity contribution in [2.75, 3.05) is 7.05 Å². The SMILES string of the molecule is Cc1cccc(C(C(C)N)N(C)Cc2ccc(Cl)s2)c1. The van der Waals surface area contributed by atoms with Gasteiger partial charge < -0.3 is 5.73 Å². The first kappa shape index (κ1) is 15.5. The maximum absolute atomic E-state index is 6.21. The monoisotopic (exact) mass is 308 g/mol. The Morgan fingerprint density at radius 1 is 1.30 bits per heavy atom. The van der Waals surface area contributed by atoms with Crippen LogP contribution in [0.15, 0.2) is 36.4 Å². The molecule has 0 amide bonds. The molecule has 2 atom stereocenters. The van der Waals surface area contributed by atoms with Gasteiger partial charge in [0.15, 0.2) is 0 Å². The van der Waals surface area contributed by atoms with Crippen molar-refractivity contribution in [1.29, 1.82) is 0 Å². The molecular formula is C16H21ClN2S. The molecule has 0 bridgehead atoms. The molecule has 108 valence electrons. The van der Waals surface area contributed by atoms with Crippen LogP contribution in [0, 0.1) is 6.92 Å². The van der Waals surface area contributed by atoms with Crippen LogP contribution in [0.1, 0.15) is 29.0 Å². The number of rotatable bonds is 5. The van der Waals surface area contributed by atoms with Crippen LogP contribution in [0.3, 0.4) is 0 Å². The van der Waals surface area contributed by atoms with Gasteiger partial charge in [0, 0.05) is 23.5 Å². The molecule has 1 heterocycles. The third kappa shape index (κ3) is 3.83. The number of thiophene rings is 1. The lowest BCUT2D eigenvalue weighted by atomic mass is 9.98. The zero-order valence-electron chi connectivity index (χ0n) is 12.1. The number of aryl methyl sites for hydroxylation is 1. The normalized spacial score (nSPS) is 14.5. The third-order valence-electron chi connectivity index (χ3n) is 3.39. The van der Waals surface area contributed by atoms with E-state index in [4.69, 9.17) is 17.3 Å². The quantitative estimate of drug-likeness (QED) is 0.895. The molecule has 0 spiro atoms. The minimum Gasteiger partial charge on any atom is -0.326 e. The maximum atomic E-state index is 6.21. The molecule has 2 N–H and O–H groups in total. The Labute approximate surface area is 130 Å². The predicted octanol–water partition coefficient (Wildman–Crippen LogP) is 4.23. The Kier molecular flexibility index (Phi) is 5.22. The van der Waals surface area contributed by atoms with Gasteiger partial charge >= 0.3 is 0 Å². The van der Waals surface area contributed by atoms with E-state index in [1.54, 1.807) is 11.3 Å². The molecule has 0 aliphatic heterocycles. The molecule has 2 nitrogen and oxygen atoms in total. The van der Waals surface area contributed by atoms with Crippen molar-refractivity contribution in [1.82, 2.24) is 4.90 Å². The lowest BCUT2D eigenvalue weighted by molar-refractivity contribution is 0.212. The summed E-state index contributed by atoms with van der Waals surface area (Å²) in [4.78, 5) is 3.55. The summed E-state index contributed by atoms with van der Waals surface area (Å²) in [5.74, 6) is 0. The van der Waals surface area contributed by atoms with Gasteiger partial charge in [0.1, 0.15) is 0 Å². The van der Waals surface area contributed by atoms with E-state index < -0.39 is 0 Å². The maximum Gasteiger partial charge on any atom is 0.0931 e. The minimum absolute atomic E-state index is 0.0669. The second kappa shape index (κ2) is 6.72. The topological polar surface area (TPSA) is 29.3 Å². The highest BCUT2D eigenvalue weighted by atomic mass is 35.5. The van der Waals surface area contributed by atoms with Crippen molar-refractivity contribution in [3.63, 3.8) is 0 Å². The first-order chi connectivity index (χ1) is 9.47. The number of hydrogen-bond acceptors (Lipinski definition) is 3. The predicted molar refractivity (Wildman–Crippen MR) is 88.4 cm³/mol. The van der Waals surface area contributed by atoms with Gasteiger partial charge in [-0.15, -0.1) is 11.3 Å². The number of likely N-dealkylation sites (N-methyl/N-ethyl adjacent to an activating group) is 1. The Bertz CT molecular complexity index is 565. The van der Waals surface area contributed by atoms with E-state index in [-0.39, 0.29) is 12.1 Å². The molecule has 1 aromatic carbocycles. The van der Waals surface area contributed by atoms with Crippen LogP contribution in [0.25, 0.3) is 0 Å². The Morgan fingerprint density at radius 3 is 2.60 bits per heavy atom. The molecule has 0 radical (unpaired) electrons. The van der Waals surface area contributed by atoms with E-state index >= 15 is 0 Å². The van der Waals surface area contributed by atoms with Crippen molar-refractivity contribution >= 4 is 22.9 Å². The zero-order chi connectivity index (χ0) is 14.7. The molecular weight excluding hydrogens is 288 g/mol. The van der Waals surface area contributed by atoms with Crippen LogP contribution in [0.4, 0.5) is 0 Å². The van der Waals surface area contributed by atoms with Gasteiger partial charge in [0.25, 0.3) is 0 Å². The van der Waals surface area contributed by atoms with E-state index in [1.807, 2.05) is 6.07 Å². The third-order valence-corrected chi connectivity index (χ3v) is 4.61. The molecule has 0 aliphatic carbocycles. The largest absolute Gasteiger partial charge is 0.326 e. The first-order valence-electron chi connectivity index (χ1n) is 6.74. The average Bonchev–Trinajstić information content (AvgIpc) is 2.74. The highest BCUT2D eigenvalue weighted by Crippen LogP contribution is 2.28. The van der Waals surface area contributed by atoms with E-state index in [9.17, 15) is 0 Å². The summed E-state index contributed by atoms with van der Waals surface area (Å²) in [6, 6.07) is 12.9. The van der Waals surface area contributed by atoms with Crippen molar-refractivity contribution in [2.24, 2.45) is 5.73 Å². The van der Waals surface area contributed by atoms with Gasteiger partial charge in [-0.3, -0.25) is 4.90 Å². The summed E-state index contributed by atoms with van der Waals surface area (Å²) in [7, 11) is 2.12. The van der Waals surface area contributed by atoms with E-state index in [1.165, 1.54) is 16.0 Å². The van der Waals surface area contributed by atoms with Crippen LogP contribution in [0.5, 0.6) is 0 Å². The second-order valence-corrected chi connectivity index (χ2v) is 7.14. The van der Waals surface area contributed by atoms with Gasteiger partial charge in [0.2, 0.25) is 0 Å². The van der Waals surface area contributed by atoms with Crippen LogP contribution in [-0.4, -0.2) is 18.0 Å². The number of nitrogens with two attached hydrogens (primary N) is 1. The van der Waals surface area contributed by atoms with Gasteiger partial charge in [-0.2, -0.15) is 0 Å². The molecule has 2 unspecified atom stereocenters. The van der Waals surface area contributed by atoms with Crippen LogP contribution < -0.4 is 5.73 Å². The van der Waals surface area contributed by atoms with Gasteiger partial charge in [-0.1, -0.05) is 41.4 Å². The summed E-state index contributed by atoms with van der Waals surface area (Å²) in [5.41, 5.74) is 8.75. The van der Waals surface area contributed by atoms with Gasteiger partial charge in [-0.25, -0.2) is 0 Å². The van der Waals surface area contributed by atoms with E-state index in [0.29, 0.717) is 0 Å². The highest BCUT2D eigenvalue weighted by Gasteiger charge is 2.21. The molecule has 0 saturated carbocycles. The lowest BCUT2D eigenvalue weighted by Crippen LogP contribution is -2.36. The fourth-order valence-corrected chi connectivity index (χ4v) is 3.75. The smallest absolute Gasteiger partial charge is 0.0931 e. The molecule has 0 saturated heterocycles. The number of halogens is 1. The second-order valence-electron chi connectivity index (χ2n) is 5.34. The lowest BCUT2D eigenvalue weighted by Gasteiger charge is -2.31. The van der Waals surface area contributed by atoms with Crippen molar-refractivity contribution in [3.05, 3.63) is 56.7 Å². The first-order valence-corrected chi connectivity index (χ1v) is 7.93. The summed E-state index contributed by atoms with van der Waals surface area (Å²) < 4.78 is 0.835. The van der Waals surface area contributed by atoms with Crippen molar-refractivity contribution in [2.45, 2.75) is 32.5 Å². The van der Waals surface area contributed by atoms with Crippen LogP contribution >= 0.6 is 22.9 Å². The van der Waals surface area contributed by atoms with Crippen molar-refractivity contribution in [3.8, 4) is 0 Å². The van der Waals surface area contributed by atoms with Gasteiger partial charge in [0.05, 0.1) is 4.34 Å². The molecule has 1 aromatic heterocycles. The fraction of sp³-hybridized carbons (Fsp3) is 0.375. The number of benzene rings is 1. The number of hydrogen-bond donors (Lipinski definition) is 1. The average molecular weight is 309 g/mol. The Hall–Kier alpha value is -0.870. The molecule has 2 rings (SSSR count). The number of nitrogens with zero attached hydrogens (tertiary/aromatic N) is 1. The summed E-state index contributed by atoms with van der Waals surface area (Å²) >= 11 is 7.63. The Balaban J connectivity index is 2.20. The summed E-state index contributed by atoms with van der Waals surface area (Å²) in [5, 5.41) is 0. The van der Waals surface area contributed by atoms with Crippen molar-refractivity contribution < 1.29 is 0 Å². The summed E-state index contributed by atoms with van der Waals surface area (Å²) in [6.07, 6.45) is 0. The Morgan fingerprint density at radius 2 is 2.05 bits per heavy atom. The van der Waals surface area contributed by atoms with Crippen LogP contribution in [0.2, 0.25) is 4.34 Å². The highest BCUT2D eigenvalue weighted by molar-refractivity contribution is 7.16. The minimum atomic E-state index is 0.0669. The van der Waals surface area contributed by atoms with E-state index in [2.05, 4.69) is 56.1 Å². The zero-order valence-corrected chi connectivity index (χ0v) is 13.7. The standard InChI is InChI=1S/C16H21ClN2S/c1-11-5-4-6-13(9-11)16(12(2)18)19(3)10-14-7-8-15(17)20-14/h4-9,12,16H,10,18H2,1-3H3. The van der Waals surface area contributed by atoms with E-state index in [0.717, 1.165) is 10.9 Å². The van der Waals surface area contributed by atoms with Gasteiger partial charge in [-0.05, 0) is 38.6 Å². The molecule has 0 aliphatic rings.